The molecule has 120 valence electrons. The summed E-state index contributed by atoms with van der Waals surface area (Å²) in [6.45, 7) is 2.09. The molecule has 3 rings (SSSR count). The highest BCUT2D eigenvalue weighted by Crippen LogP contribution is 2.36. The van der Waals surface area contributed by atoms with E-state index in [9.17, 15) is 4.79 Å². The molecule has 1 aromatic rings. The molecule has 0 bridgehead atoms. The van der Waals surface area contributed by atoms with Gasteiger partial charge in [-0.05, 0) is 25.0 Å². The van der Waals surface area contributed by atoms with Crippen LogP contribution in [0.15, 0.2) is 24.5 Å². The van der Waals surface area contributed by atoms with Crippen LogP contribution in [0.5, 0.6) is 5.75 Å². The maximum absolute atomic E-state index is 12.0. The number of rotatable bonds is 4. The molecule has 2 saturated heterocycles. The topological polar surface area (TPSA) is 60.9 Å². The third kappa shape index (κ3) is 3.39. The molecule has 6 nitrogen and oxygen atoms in total. The number of hydrogen-bond donors (Lipinski definition) is 0. The van der Waals surface area contributed by atoms with Crippen molar-refractivity contribution in [3.05, 3.63) is 24.5 Å². The normalized spacial score (nSPS) is 28.0. The number of piperidine rings is 1. The second-order valence-electron chi connectivity index (χ2n) is 5.98. The third-order valence-corrected chi connectivity index (χ3v) is 4.27. The molecule has 0 aliphatic carbocycles. The van der Waals surface area contributed by atoms with Crippen LogP contribution in [0.1, 0.15) is 19.3 Å². The SMILES string of the molecule is COCC(=O)N1CCC[C@]2(C[C@H](Oc3cccnc3)CO2)C1. The second kappa shape index (κ2) is 6.62. The van der Waals surface area contributed by atoms with Gasteiger partial charge in [-0.1, -0.05) is 0 Å². The van der Waals surface area contributed by atoms with Crippen molar-refractivity contribution in [3.63, 3.8) is 0 Å². The standard InChI is InChI=1S/C16H22N2O4/c1-20-11-15(19)18-7-3-5-16(12-18)8-14(10-21-16)22-13-4-2-6-17-9-13/h2,4,6,9,14H,3,5,7-8,10-12H2,1H3/t14-,16-/m0/s1. The minimum Gasteiger partial charge on any atom is -0.486 e. The van der Waals surface area contributed by atoms with Crippen LogP contribution in [0.2, 0.25) is 0 Å². The molecule has 6 heteroatoms. The van der Waals surface area contributed by atoms with Crippen LogP contribution in [-0.4, -0.2) is 60.9 Å². The molecule has 0 N–H and O–H groups in total. The Labute approximate surface area is 130 Å². The molecule has 1 aromatic heterocycles. The molecule has 1 spiro atoms. The first-order valence-electron chi connectivity index (χ1n) is 7.68. The lowest BCUT2D eigenvalue weighted by molar-refractivity contribution is -0.143. The van der Waals surface area contributed by atoms with Gasteiger partial charge in [0.1, 0.15) is 18.5 Å². The van der Waals surface area contributed by atoms with E-state index in [4.69, 9.17) is 14.2 Å². The van der Waals surface area contributed by atoms with E-state index in [1.807, 2.05) is 17.0 Å². The average molecular weight is 306 g/mol. The van der Waals surface area contributed by atoms with E-state index < -0.39 is 0 Å². The summed E-state index contributed by atoms with van der Waals surface area (Å²) in [7, 11) is 1.54. The molecule has 0 aromatic carbocycles. The van der Waals surface area contributed by atoms with Gasteiger partial charge in [-0.2, -0.15) is 0 Å². The lowest BCUT2D eigenvalue weighted by Gasteiger charge is -2.39. The average Bonchev–Trinajstić information content (AvgIpc) is 2.90. The second-order valence-corrected chi connectivity index (χ2v) is 5.98. The number of aromatic nitrogens is 1. The van der Waals surface area contributed by atoms with Crippen molar-refractivity contribution >= 4 is 5.91 Å². The van der Waals surface area contributed by atoms with Gasteiger partial charge in [0.15, 0.2) is 0 Å². The van der Waals surface area contributed by atoms with Crippen molar-refractivity contribution in [2.24, 2.45) is 0 Å². The molecule has 2 aliphatic rings. The smallest absolute Gasteiger partial charge is 0.248 e. The van der Waals surface area contributed by atoms with Gasteiger partial charge in [-0.3, -0.25) is 9.78 Å². The molecular formula is C16H22N2O4. The van der Waals surface area contributed by atoms with Gasteiger partial charge in [-0.15, -0.1) is 0 Å². The zero-order valence-electron chi connectivity index (χ0n) is 12.9. The van der Waals surface area contributed by atoms with E-state index in [1.165, 1.54) is 0 Å². The van der Waals surface area contributed by atoms with Gasteiger partial charge < -0.3 is 19.1 Å². The Bertz CT molecular complexity index is 510. The summed E-state index contributed by atoms with van der Waals surface area (Å²) in [5, 5.41) is 0. The summed E-state index contributed by atoms with van der Waals surface area (Å²) in [5.41, 5.74) is -0.269. The first-order valence-corrected chi connectivity index (χ1v) is 7.68. The van der Waals surface area contributed by atoms with Crippen molar-refractivity contribution in [2.75, 3.05) is 33.4 Å². The fourth-order valence-electron chi connectivity index (χ4n) is 3.30. The Balaban J connectivity index is 1.59. The number of carbonyl (C=O) groups is 1. The summed E-state index contributed by atoms with van der Waals surface area (Å²) in [5.74, 6) is 0.790. The predicted octanol–water partition coefficient (Wildman–Crippen LogP) is 1.26. The third-order valence-electron chi connectivity index (χ3n) is 4.27. The Hall–Kier alpha value is -1.66. The number of amides is 1. The molecule has 1 amide bonds. The number of methoxy groups -OCH3 is 1. The fraction of sp³-hybridized carbons (Fsp3) is 0.625. The molecule has 2 aliphatic heterocycles. The zero-order valence-corrected chi connectivity index (χ0v) is 12.9. The van der Waals surface area contributed by atoms with Crippen LogP contribution in [0.4, 0.5) is 0 Å². The molecule has 2 atom stereocenters. The lowest BCUT2D eigenvalue weighted by Crippen LogP contribution is -2.51. The van der Waals surface area contributed by atoms with Gasteiger partial charge in [0.05, 0.1) is 18.4 Å². The summed E-state index contributed by atoms with van der Waals surface area (Å²) in [6, 6.07) is 3.75. The van der Waals surface area contributed by atoms with Crippen molar-refractivity contribution in [2.45, 2.75) is 31.0 Å². The number of likely N-dealkylation sites (tertiary alicyclic amines) is 1. The monoisotopic (exact) mass is 306 g/mol. The highest BCUT2D eigenvalue weighted by Gasteiger charge is 2.45. The first-order chi connectivity index (χ1) is 10.7. The summed E-state index contributed by atoms with van der Waals surface area (Å²) in [4.78, 5) is 17.9. The van der Waals surface area contributed by atoms with E-state index in [0.717, 1.165) is 31.6 Å². The van der Waals surface area contributed by atoms with Crippen LogP contribution in [0, 0.1) is 0 Å². The number of ether oxygens (including phenoxy) is 3. The molecule has 0 radical (unpaired) electrons. The minimum absolute atomic E-state index is 0.0154. The Morgan fingerprint density at radius 1 is 1.59 bits per heavy atom. The highest BCUT2D eigenvalue weighted by molar-refractivity contribution is 5.77. The largest absolute Gasteiger partial charge is 0.486 e. The van der Waals surface area contributed by atoms with Crippen LogP contribution in [0.25, 0.3) is 0 Å². The van der Waals surface area contributed by atoms with Gasteiger partial charge >= 0.3 is 0 Å². The van der Waals surface area contributed by atoms with Gasteiger partial charge in [-0.25, -0.2) is 0 Å². The number of pyridine rings is 1. The van der Waals surface area contributed by atoms with Crippen LogP contribution >= 0.6 is 0 Å². The lowest BCUT2D eigenvalue weighted by atomic mass is 9.89. The predicted molar refractivity (Wildman–Crippen MR) is 79.6 cm³/mol. The van der Waals surface area contributed by atoms with Gasteiger partial charge in [0.2, 0.25) is 5.91 Å². The van der Waals surface area contributed by atoms with Crippen molar-refractivity contribution in [1.29, 1.82) is 0 Å². The Morgan fingerprint density at radius 2 is 2.50 bits per heavy atom. The fourth-order valence-corrected chi connectivity index (χ4v) is 3.30. The Morgan fingerprint density at radius 3 is 3.27 bits per heavy atom. The first kappa shape index (κ1) is 15.2. The maximum Gasteiger partial charge on any atom is 0.248 e. The number of nitrogens with zero attached hydrogens (tertiary/aromatic N) is 2. The quantitative estimate of drug-likeness (QED) is 0.838. The van der Waals surface area contributed by atoms with Crippen LogP contribution < -0.4 is 4.74 Å². The van der Waals surface area contributed by atoms with E-state index in [0.29, 0.717) is 13.2 Å². The molecular weight excluding hydrogens is 284 g/mol. The van der Waals surface area contributed by atoms with Crippen LogP contribution in [0.3, 0.4) is 0 Å². The molecule has 3 heterocycles. The minimum atomic E-state index is -0.269. The zero-order chi connectivity index (χ0) is 15.4. The van der Waals surface area contributed by atoms with Crippen molar-refractivity contribution < 1.29 is 19.0 Å². The molecule has 22 heavy (non-hydrogen) atoms. The maximum atomic E-state index is 12.0. The summed E-state index contributed by atoms with van der Waals surface area (Å²) >= 11 is 0. The molecule has 0 saturated carbocycles. The Kier molecular flexibility index (Phi) is 4.59. The highest BCUT2D eigenvalue weighted by atomic mass is 16.6. The number of carbonyl (C=O) groups excluding carboxylic acids is 1. The van der Waals surface area contributed by atoms with E-state index in [1.54, 1.807) is 19.5 Å². The van der Waals surface area contributed by atoms with Crippen LogP contribution in [-0.2, 0) is 14.3 Å². The van der Waals surface area contributed by atoms with Gasteiger partial charge in [0.25, 0.3) is 0 Å². The van der Waals surface area contributed by atoms with E-state index >= 15 is 0 Å². The summed E-state index contributed by atoms with van der Waals surface area (Å²) in [6.07, 6.45) is 6.17. The molecule has 2 fully saturated rings. The molecule has 0 unspecified atom stereocenters. The van der Waals surface area contributed by atoms with E-state index in [-0.39, 0.29) is 24.2 Å². The van der Waals surface area contributed by atoms with E-state index in [2.05, 4.69) is 4.98 Å². The van der Waals surface area contributed by atoms with Gasteiger partial charge in [0, 0.05) is 32.8 Å². The van der Waals surface area contributed by atoms with Crippen molar-refractivity contribution in [3.8, 4) is 5.75 Å². The van der Waals surface area contributed by atoms with Crippen molar-refractivity contribution in [1.82, 2.24) is 9.88 Å². The number of hydrogen-bond acceptors (Lipinski definition) is 5. The summed E-state index contributed by atoms with van der Waals surface area (Å²) < 4.78 is 16.9.